The van der Waals surface area contributed by atoms with Crippen LogP contribution in [0.15, 0.2) is 24.5 Å². The van der Waals surface area contributed by atoms with Crippen LogP contribution in [-0.4, -0.2) is 44.3 Å². The van der Waals surface area contributed by atoms with E-state index in [1.54, 1.807) is 4.68 Å². The maximum atomic E-state index is 13.2. The number of ether oxygens (including phenoxy) is 1. The number of hydrogen-bond donors (Lipinski definition) is 0. The molecule has 4 heterocycles. The summed E-state index contributed by atoms with van der Waals surface area (Å²) in [5.41, 5.74) is 2.74. The molecule has 4 rings (SSSR count). The number of aromatic nitrogens is 3. The molecule has 0 bridgehead atoms. The van der Waals surface area contributed by atoms with E-state index in [0.717, 1.165) is 49.3 Å². The lowest BCUT2D eigenvalue weighted by molar-refractivity contribution is -0.00715. The molecule has 2 aliphatic heterocycles. The highest BCUT2D eigenvalue weighted by Crippen LogP contribution is 2.32. The van der Waals surface area contributed by atoms with Crippen LogP contribution in [0.4, 0.5) is 0 Å². The number of carbonyl (C=O) groups excluding carboxylic acids is 1. The molecule has 0 spiro atoms. The highest BCUT2D eigenvalue weighted by molar-refractivity contribution is 5.94. The minimum Gasteiger partial charge on any atom is -0.369 e. The summed E-state index contributed by atoms with van der Waals surface area (Å²) in [5.74, 6) is 0.114. The Balaban J connectivity index is 1.53. The summed E-state index contributed by atoms with van der Waals surface area (Å²) in [6, 6.07) is 4.61. The van der Waals surface area contributed by atoms with Crippen molar-refractivity contribution in [2.24, 2.45) is 7.05 Å². The Kier molecular flexibility index (Phi) is 4.15. The van der Waals surface area contributed by atoms with E-state index in [0.29, 0.717) is 6.04 Å². The Bertz CT molecular complexity index is 757. The number of amides is 1. The van der Waals surface area contributed by atoms with Crippen LogP contribution in [0.2, 0.25) is 0 Å². The lowest BCUT2D eigenvalue weighted by Gasteiger charge is -2.33. The number of piperidine rings is 1. The highest BCUT2D eigenvalue weighted by Gasteiger charge is 2.34. The average molecular weight is 342 g/mol. The maximum Gasteiger partial charge on any atom is 0.272 e. The molecular formula is C19H26N4O2. The molecule has 6 heteroatoms. The fraction of sp³-hybridized carbons (Fsp3) is 0.579. The normalized spacial score (nSPS) is 24.4. The van der Waals surface area contributed by atoms with E-state index in [1.165, 1.54) is 0 Å². The zero-order valence-electron chi connectivity index (χ0n) is 15.2. The van der Waals surface area contributed by atoms with Crippen molar-refractivity contribution in [3.05, 3.63) is 41.5 Å². The molecule has 134 valence electrons. The predicted octanol–water partition coefficient (Wildman–Crippen LogP) is 2.72. The molecule has 2 aromatic rings. The Morgan fingerprint density at radius 2 is 1.88 bits per heavy atom. The zero-order chi connectivity index (χ0) is 17.6. The molecule has 2 aliphatic rings. The summed E-state index contributed by atoms with van der Waals surface area (Å²) >= 11 is 0. The molecule has 0 aromatic carbocycles. The molecule has 1 amide bonds. The summed E-state index contributed by atoms with van der Waals surface area (Å²) in [6.07, 6.45) is 7.05. The van der Waals surface area contributed by atoms with Crippen molar-refractivity contribution in [2.45, 2.75) is 51.4 Å². The SMILES string of the molecule is C[C@@H]1Cc2c(nn(C)c2C(=O)N2CCC(n3cccc3)CC2)[C@H](C)O1. The van der Waals surface area contributed by atoms with Gasteiger partial charge in [0.05, 0.1) is 17.9 Å². The van der Waals surface area contributed by atoms with Crippen LogP contribution in [-0.2, 0) is 18.2 Å². The lowest BCUT2D eigenvalue weighted by Crippen LogP contribution is -2.40. The quantitative estimate of drug-likeness (QED) is 0.843. The minimum atomic E-state index is -0.0500. The van der Waals surface area contributed by atoms with E-state index in [4.69, 9.17) is 4.74 Å². The van der Waals surface area contributed by atoms with Crippen LogP contribution in [0.3, 0.4) is 0 Å². The molecule has 2 atom stereocenters. The first-order valence-electron chi connectivity index (χ1n) is 9.17. The highest BCUT2D eigenvalue weighted by atomic mass is 16.5. The van der Waals surface area contributed by atoms with Crippen LogP contribution in [0, 0.1) is 0 Å². The standard InChI is InChI=1S/C19H26N4O2/c1-13-12-16-17(14(2)25-13)20-21(3)18(16)19(24)23-10-6-15(7-11-23)22-8-4-5-9-22/h4-5,8-9,13-15H,6-7,10-12H2,1-3H3/t13-,14+/m1/s1. The molecule has 0 unspecified atom stereocenters. The number of carbonyl (C=O) groups is 1. The smallest absolute Gasteiger partial charge is 0.272 e. The lowest BCUT2D eigenvalue weighted by atomic mass is 9.98. The van der Waals surface area contributed by atoms with Gasteiger partial charge in [0, 0.05) is 50.6 Å². The molecule has 0 aliphatic carbocycles. The van der Waals surface area contributed by atoms with Gasteiger partial charge in [-0.1, -0.05) is 0 Å². The van der Waals surface area contributed by atoms with Gasteiger partial charge in [-0.3, -0.25) is 9.48 Å². The van der Waals surface area contributed by atoms with Gasteiger partial charge in [0.15, 0.2) is 0 Å². The van der Waals surface area contributed by atoms with Crippen molar-refractivity contribution in [2.75, 3.05) is 13.1 Å². The first-order valence-corrected chi connectivity index (χ1v) is 9.17. The van der Waals surface area contributed by atoms with Crippen molar-refractivity contribution in [1.82, 2.24) is 19.2 Å². The minimum absolute atomic E-state index is 0.0500. The van der Waals surface area contributed by atoms with Gasteiger partial charge in [-0.05, 0) is 38.8 Å². The predicted molar refractivity (Wildman–Crippen MR) is 94.5 cm³/mol. The van der Waals surface area contributed by atoms with E-state index in [1.807, 2.05) is 18.9 Å². The molecule has 2 aromatic heterocycles. The van der Waals surface area contributed by atoms with Crippen molar-refractivity contribution in [3.8, 4) is 0 Å². The third-order valence-corrected chi connectivity index (χ3v) is 5.49. The van der Waals surface area contributed by atoms with Crippen LogP contribution in [0.1, 0.15) is 60.6 Å². The van der Waals surface area contributed by atoms with Gasteiger partial charge in [-0.25, -0.2) is 0 Å². The summed E-state index contributed by atoms with van der Waals surface area (Å²) in [7, 11) is 1.87. The van der Waals surface area contributed by atoms with E-state index >= 15 is 0 Å². The largest absolute Gasteiger partial charge is 0.369 e. The molecule has 0 N–H and O–H groups in total. The van der Waals surface area contributed by atoms with E-state index in [2.05, 4.69) is 41.1 Å². The number of hydrogen-bond acceptors (Lipinski definition) is 3. The molecule has 1 fully saturated rings. The second kappa shape index (κ2) is 6.33. The van der Waals surface area contributed by atoms with Gasteiger partial charge in [0.25, 0.3) is 5.91 Å². The van der Waals surface area contributed by atoms with Crippen molar-refractivity contribution < 1.29 is 9.53 Å². The van der Waals surface area contributed by atoms with Gasteiger partial charge in [-0.2, -0.15) is 5.10 Å². The average Bonchev–Trinajstić information content (AvgIpc) is 3.22. The third-order valence-electron chi connectivity index (χ3n) is 5.49. The van der Waals surface area contributed by atoms with E-state index in [9.17, 15) is 4.79 Å². The Labute approximate surface area is 148 Å². The monoisotopic (exact) mass is 342 g/mol. The van der Waals surface area contributed by atoms with E-state index < -0.39 is 0 Å². The molecule has 6 nitrogen and oxygen atoms in total. The van der Waals surface area contributed by atoms with E-state index in [-0.39, 0.29) is 18.1 Å². The Hall–Kier alpha value is -2.08. The van der Waals surface area contributed by atoms with Crippen LogP contribution >= 0.6 is 0 Å². The Morgan fingerprint density at radius 1 is 1.20 bits per heavy atom. The Morgan fingerprint density at radius 3 is 2.56 bits per heavy atom. The van der Waals surface area contributed by atoms with Crippen molar-refractivity contribution >= 4 is 5.91 Å². The fourth-order valence-electron chi connectivity index (χ4n) is 4.24. The number of nitrogens with zero attached hydrogens (tertiary/aromatic N) is 4. The zero-order valence-corrected chi connectivity index (χ0v) is 15.2. The van der Waals surface area contributed by atoms with Gasteiger partial charge >= 0.3 is 0 Å². The van der Waals surface area contributed by atoms with Crippen LogP contribution in [0.5, 0.6) is 0 Å². The topological polar surface area (TPSA) is 52.3 Å². The van der Waals surface area contributed by atoms with Gasteiger partial charge < -0.3 is 14.2 Å². The summed E-state index contributed by atoms with van der Waals surface area (Å²) in [6.45, 7) is 5.66. The molecule has 0 saturated carbocycles. The second-order valence-electron chi connectivity index (χ2n) is 7.28. The van der Waals surface area contributed by atoms with Crippen molar-refractivity contribution in [3.63, 3.8) is 0 Å². The molecular weight excluding hydrogens is 316 g/mol. The molecule has 25 heavy (non-hydrogen) atoms. The van der Waals surface area contributed by atoms with Gasteiger partial charge in [0.2, 0.25) is 0 Å². The van der Waals surface area contributed by atoms with Crippen LogP contribution in [0.25, 0.3) is 0 Å². The maximum absolute atomic E-state index is 13.2. The second-order valence-corrected chi connectivity index (χ2v) is 7.28. The first-order chi connectivity index (χ1) is 12.0. The summed E-state index contributed by atoms with van der Waals surface area (Å²) < 4.78 is 9.87. The first kappa shape index (κ1) is 16.4. The molecule has 1 saturated heterocycles. The number of fused-ring (bicyclic) bond motifs is 1. The third kappa shape index (κ3) is 2.88. The molecule has 0 radical (unpaired) electrons. The number of aryl methyl sites for hydroxylation is 1. The van der Waals surface area contributed by atoms with Gasteiger partial charge in [0.1, 0.15) is 5.69 Å². The van der Waals surface area contributed by atoms with Crippen LogP contribution < -0.4 is 0 Å². The summed E-state index contributed by atoms with van der Waals surface area (Å²) in [5, 5.41) is 4.58. The summed E-state index contributed by atoms with van der Waals surface area (Å²) in [4.78, 5) is 15.2. The number of likely N-dealkylation sites (tertiary alicyclic amines) is 1. The van der Waals surface area contributed by atoms with Gasteiger partial charge in [-0.15, -0.1) is 0 Å². The van der Waals surface area contributed by atoms with Crippen molar-refractivity contribution in [1.29, 1.82) is 0 Å². The number of rotatable bonds is 2. The fourth-order valence-corrected chi connectivity index (χ4v) is 4.24.